The van der Waals surface area contributed by atoms with Gasteiger partial charge in [-0.05, 0) is 13.0 Å². The molecule has 0 radical (unpaired) electrons. The predicted molar refractivity (Wildman–Crippen MR) is 72.7 cm³/mol. The Labute approximate surface area is 116 Å². The van der Waals surface area contributed by atoms with Crippen LogP contribution in [0.1, 0.15) is 15.9 Å². The summed E-state index contributed by atoms with van der Waals surface area (Å²) in [6, 6.07) is 4.31. The van der Waals surface area contributed by atoms with Crippen LogP contribution in [0, 0.1) is 17.0 Å². The van der Waals surface area contributed by atoms with Crippen LogP contribution in [-0.4, -0.2) is 54.3 Å². The lowest BCUT2D eigenvalue weighted by molar-refractivity contribution is -0.385. The Hall–Kier alpha value is -1.99. The Kier molecular flexibility index (Phi) is 5.60. The number of ether oxygens (including phenoxy) is 1. The number of nitro benzene ring substituents is 1. The van der Waals surface area contributed by atoms with Crippen molar-refractivity contribution in [3.8, 4) is 0 Å². The minimum absolute atomic E-state index is 0.0916. The van der Waals surface area contributed by atoms with Gasteiger partial charge < -0.3 is 14.7 Å². The number of amides is 1. The van der Waals surface area contributed by atoms with E-state index in [9.17, 15) is 20.0 Å². The smallest absolute Gasteiger partial charge is 0.273 e. The number of methoxy groups -OCH3 is 1. The van der Waals surface area contributed by atoms with E-state index in [1.165, 1.54) is 37.3 Å². The van der Waals surface area contributed by atoms with E-state index in [1.807, 2.05) is 0 Å². The molecule has 1 rings (SSSR count). The third-order valence-electron chi connectivity index (χ3n) is 2.84. The maximum atomic E-state index is 12.1. The molecule has 1 amide bonds. The molecule has 7 heteroatoms. The van der Waals surface area contributed by atoms with Crippen LogP contribution in [0.2, 0.25) is 0 Å². The molecule has 0 fully saturated rings. The molecule has 7 nitrogen and oxygen atoms in total. The summed E-state index contributed by atoms with van der Waals surface area (Å²) in [5.74, 6) is -0.386. The summed E-state index contributed by atoms with van der Waals surface area (Å²) in [5.41, 5.74) is 0.615. The largest absolute Gasteiger partial charge is 0.389 e. The molecule has 0 aliphatic heterocycles. The number of nitro groups is 1. The third-order valence-corrected chi connectivity index (χ3v) is 2.84. The fraction of sp³-hybridized carbons (Fsp3) is 0.462. The first-order valence-corrected chi connectivity index (χ1v) is 6.04. The van der Waals surface area contributed by atoms with E-state index in [4.69, 9.17) is 4.74 Å². The van der Waals surface area contributed by atoms with Crippen molar-refractivity contribution in [2.45, 2.75) is 13.0 Å². The molecule has 1 aromatic rings. The van der Waals surface area contributed by atoms with Crippen LogP contribution in [-0.2, 0) is 4.74 Å². The Balaban J connectivity index is 2.86. The van der Waals surface area contributed by atoms with Gasteiger partial charge in [0.05, 0.1) is 17.6 Å². The van der Waals surface area contributed by atoms with Gasteiger partial charge in [-0.1, -0.05) is 6.07 Å². The highest BCUT2D eigenvalue weighted by atomic mass is 16.6. The number of aryl methyl sites for hydroxylation is 1. The van der Waals surface area contributed by atoms with Gasteiger partial charge in [-0.15, -0.1) is 0 Å². The lowest BCUT2D eigenvalue weighted by atomic mass is 10.1. The van der Waals surface area contributed by atoms with E-state index < -0.39 is 11.0 Å². The Morgan fingerprint density at radius 1 is 1.55 bits per heavy atom. The number of aliphatic hydroxyl groups excluding tert-OH is 1. The van der Waals surface area contributed by atoms with Gasteiger partial charge in [0.2, 0.25) is 0 Å². The van der Waals surface area contributed by atoms with E-state index in [-0.39, 0.29) is 30.3 Å². The van der Waals surface area contributed by atoms with Crippen LogP contribution in [0.4, 0.5) is 5.69 Å². The average molecular weight is 282 g/mol. The van der Waals surface area contributed by atoms with E-state index in [0.29, 0.717) is 5.56 Å². The molecule has 1 N–H and O–H groups in total. The lowest BCUT2D eigenvalue weighted by Gasteiger charge is -2.20. The fourth-order valence-corrected chi connectivity index (χ4v) is 1.80. The Morgan fingerprint density at radius 3 is 2.75 bits per heavy atom. The van der Waals surface area contributed by atoms with E-state index in [2.05, 4.69) is 0 Å². The van der Waals surface area contributed by atoms with Crippen molar-refractivity contribution in [1.29, 1.82) is 0 Å². The topological polar surface area (TPSA) is 92.9 Å². The Bertz CT molecular complexity index is 504. The highest BCUT2D eigenvalue weighted by molar-refractivity contribution is 5.94. The van der Waals surface area contributed by atoms with E-state index in [0.717, 1.165) is 0 Å². The normalized spacial score (nSPS) is 12.0. The van der Waals surface area contributed by atoms with Crippen molar-refractivity contribution in [2.75, 3.05) is 27.3 Å². The summed E-state index contributed by atoms with van der Waals surface area (Å²) in [5, 5.41) is 20.4. The number of likely N-dealkylation sites (N-methyl/N-ethyl adjacent to an activating group) is 1. The molecular weight excluding hydrogens is 264 g/mol. The summed E-state index contributed by atoms with van der Waals surface area (Å²) in [6.07, 6.45) is -0.797. The molecule has 0 bridgehead atoms. The minimum Gasteiger partial charge on any atom is -0.389 e. The van der Waals surface area contributed by atoms with Crippen LogP contribution >= 0.6 is 0 Å². The summed E-state index contributed by atoms with van der Waals surface area (Å²) < 4.78 is 4.78. The molecule has 1 atom stereocenters. The molecular formula is C13H18N2O5. The van der Waals surface area contributed by atoms with Gasteiger partial charge in [0.15, 0.2) is 0 Å². The standard InChI is InChI=1S/C13H18N2O5/c1-9-4-5-10(6-12(9)15(18)19)13(17)14(2)7-11(16)8-20-3/h4-6,11,16H,7-8H2,1-3H3. The maximum absolute atomic E-state index is 12.1. The van der Waals surface area contributed by atoms with Crippen LogP contribution in [0.25, 0.3) is 0 Å². The van der Waals surface area contributed by atoms with Gasteiger partial charge in [0.25, 0.3) is 11.6 Å². The average Bonchev–Trinajstić information content (AvgIpc) is 2.38. The van der Waals surface area contributed by atoms with Crippen LogP contribution < -0.4 is 0 Å². The number of carbonyl (C=O) groups is 1. The highest BCUT2D eigenvalue weighted by Crippen LogP contribution is 2.20. The van der Waals surface area contributed by atoms with Gasteiger partial charge in [0.1, 0.15) is 0 Å². The van der Waals surface area contributed by atoms with Crippen molar-refractivity contribution < 1.29 is 19.6 Å². The monoisotopic (exact) mass is 282 g/mol. The first-order valence-electron chi connectivity index (χ1n) is 6.04. The molecule has 0 saturated heterocycles. The second-order valence-corrected chi connectivity index (χ2v) is 4.55. The number of benzene rings is 1. The maximum Gasteiger partial charge on any atom is 0.273 e. The highest BCUT2D eigenvalue weighted by Gasteiger charge is 2.19. The zero-order chi connectivity index (χ0) is 15.3. The fourth-order valence-electron chi connectivity index (χ4n) is 1.80. The van der Waals surface area contributed by atoms with Gasteiger partial charge >= 0.3 is 0 Å². The molecule has 0 aromatic heterocycles. The van der Waals surface area contributed by atoms with E-state index in [1.54, 1.807) is 6.92 Å². The number of nitrogens with zero attached hydrogens (tertiary/aromatic N) is 2. The number of hydrogen-bond donors (Lipinski definition) is 1. The quantitative estimate of drug-likeness (QED) is 0.620. The van der Waals surface area contributed by atoms with Crippen LogP contribution in [0.5, 0.6) is 0 Å². The number of aliphatic hydroxyl groups is 1. The molecule has 0 heterocycles. The van der Waals surface area contributed by atoms with Crippen molar-refractivity contribution in [3.05, 3.63) is 39.4 Å². The van der Waals surface area contributed by atoms with Crippen molar-refractivity contribution in [1.82, 2.24) is 4.90 Å². The van der Waals surface area contributed by atoms with Crippen molar-refractivity contribution in [2.24, 2.45) is 0 Å². The van der Waals surface area contributed by atoms with Crippen LogP contribution in [0.3, 0.4) is 0 Å². The molecule has 0 aliphatic rings. The molecule has 0 spiro atoms. The van der Waals surface area contributed by atoms with Gasteiger partial charge in [0, 0.05) is 37.9 Å². The Morgan fingerprint density at radius 2 is 2.20 bits per heavy atom. The summed E-state index contributed by atoms with van der Waals surface area (Å²) in [6.45, 7) is 1.82. The summed E-state index contributed by atoms with van der Waals surface area (Å²) in [4.78, 5) is 23.8. The second kappa shape index (κ2) is 6.97. The molecule has 20 heavy (non-hydrogen) atoms. The summed E-state index contributed by atoms with van der Waals surface area (Å²) >= 11 is 0. The number of rotatable bonds is 6. The number of carbonyl (C=O) groups excluding carboxylic acids is 1. The zero-order valence-corrected chi connectivity index (χ0v) is 11.7. The lowest BCUT2D eigenvalue weighted by Crippen LogP contribution is -2.36. The van der Waals surface area contributed by atoms with Crippen molar-refractivity contribution >= 4 is 11.6 Å². The number of hydrogen-bond acceptors (Lipinski definition) is 5. The van der Waals surface area contributed by atoms with Crippen molar-refractivity contribution in [3.63, 3.8) is 0 Å². The van der Waals surface area contributed by atoms with Gasteiger partial charge in [-0.25, -0.2) is 0 Å². The zero-order valence-electron chi connectivity index (χ0n) is 11.7. The molecule has 0 aliphatic carbocycles. The van der Waals surface area contributed by atoms with Gasteiger partial charge in [-0.3, -0.25) is 14.9 Å². The van der Waals surface area contributed by atoms with Gasteiger partial charge in [-0.2, -0.15) is 0 Å². The third kappa shape index (κ3) is 4.01. The second-order valence-electron chi connectivity index (χ2n) is 4.55. The summed E-state index contributed by atoms with van der Waals surface area (Å²) in [7, 11) is 2.97. The predicted octanol–water partition coefficient (Wildman–Crippen LogP) is 0.983. The molecule has 1 aromatic carbocycles. The molecule has 1 unspecified atom stereocenters. The minimum atomic E-state index is -0.797. The van der Waals surface area contributed by atoms with Crippen LogP contribution in [0.15, 0.2) is 18.2 Å². The SMILES string of the molecule is COCC(O)CN(C)C(=O)c1ccc(C)c([N+](=O)[O-])c1. The first kappa shape index (κ1) is 16.1. The van der Waals surface area contributed by atoms with E-state index >= 15 is 0 Å². The first-order chi connectivity index (χ1) is 9.36. The molecule has 0 saturated carbocycles. The molecule has 110 valence electrons.